The molecule has 0 bridgehead atoms. The van der Waals surface area contributed by atoms with Crippen LogP contribution in [-0.4, -0.2) is 11.6 Å². The molecule has 0 fully saturated rings. The highest BCUT2D eigenvalue weighted by Gasteiger charge is 1.96. The molecular weight excluding hydrogens is 269 g/mol. The van der Waals surface area contributed by atoms with Gasteiger partial charge in [0.15, 0.2) is 0 Å². The molecule has 1 aromatic heterocycles. The lowest BCUT2D eigenvalue weighted by atomic mass is 10.2. The number of hydrogen-bond donors (Lipinski definition) is 0. The number of halogens is 2. The average molecular weight is 284 g/mol. The van der Waals surface area contributed by atoms with Crippen LogP contribution in [0.1, 0.15) is 11.3 Å². The minimum Gasteiger partial charge on any atom is -0.493 e. The Hall–Kier alpha value is -1.25. The molecule has 1 aromatic carbocycles. The monoisotopic (exact) mass is 283 g/mol. The number of pyridine rings is 1. The topological polar surface area (TPSA) is 22.1 Å². The van der Waals surface area contributed by atoms with Crippen molar-refractivity contribution in [1.29, 1.82) is 0 Å². The van der Waals surface area contributed by atoms with Crippen molar-refractivity contribution in [3.05, 3.63) is 59.9 Å². The van der Waals surface area contributed by atoms with Gasteiger partial charge < -0.3 is 4.74 Å². The first-order chi connectivity index (χ1) is 8.38. The first kappa shape index (κ1) is 14.8. The van der Waals surface area contributed by atoms with Crippen LogP contribution in [0.25, 0.3) is 0 Å². The zero-order valence-corrected chi connectivity index (χ0v) is 11.5. The van der Waals surface area contributed by atoms with Gasteiger partial charge in [-0.3, -0.25) is 4.98 Å². The zero-order chi connectivity index (χ0) is 11.9. The van der Waals surface area contributed by atoms with E-state index in [0.717, 1.165) is 23.4 Å². The second-order valence-electron chi connectivity index (χ2n) is 3.70. The maximum absolute atomic E-state index is 5.71. The van der Waals surface area contributed by atoms with Crippen molar-refractivity contribution in [2.24, 2.45) is 0 Å². The first-order valence-corrected chi connectivity index (χ1v) is 6.09. The number of nitrogens with zero attached hydrogens (tertiary/aromatic N) is 1. The van der Waals surface area contributed by atoms with Crippen LogP contribution < -0.4 is 4.74 Å². The molecule has 0 saturated carbocycles. The summed E-state index contributed by atoms with van der Waals surface area (Å²) in [5, 5.41) is 0. The Labute approximate surface area is 118 Å². The van der Waals surface area contributed by atoms with Crippen molar-refractivity contribution in [1.82, 2.24) is 4.98 Å². The highest BCUT2D eigenvalue weighted by atomic mass is 35.5. The Morgan fingerprint density at radius 2 is 1.83 bits per heavy atom. The fourth-order valence-electron chi connectivity index (χ4n) is 1.49. The molecule has 2 nitrogen and oxygen atoms in total. The molecule has 2 aromatic rings. The third kappa shape index (κ3) is 4.55. The van der Waals surface area contributed by atoms with E-state index < -0.39 is 0 Å². The standard InChI is InChI=1S/C14H14ClNO.ClH/c15-11-12-4-6-14(7-5-12)17-10-8-13-3-1-2-9-16-13;/h1-7,9H,8,10-11H2;1H. The van der Waals surface area contributed by atoms with Crippen molar-refractivity contribution in [2.45, 2.75) is 12.3 Å². The molecule has 0 atom stereocenters. The van der Waals surface area contributed by atoms with E-state index in [0.29, 0.717) is 12.5 Å². The van der Waals surface area contributed by atoms with Gasteiger partial charge in [0.25, 0.3) is 0 Å². The second kappa shape index (κ2) is 7.96. The zero-order valence-electron chi connectivity index (χ0n) is 9.88. The van der Waals surface area contributed by atoms with Crippen molar-refractivity contribution in [3.8, 4) is 5.75 Å². The van der Waals surface area contributed by atoms with Gasteiger partial charge >= 0.3 is 0 Å². The van der Waals surface area contributed by atoms with Crippen LogP contribution in [0.3, 0.4) is 0 Å². The number of rotatable bonds is 5. The quantitative estimate of drug-likeness (QED) is 0.778. The van der Waals surface area contributed by atoms with Gasteiger partial charge in [-0.1, -0.05) is 18.2 Å². The van der Waals surface area contributed by atoms with Crippen LogP contribution in [0.5, 0.6) is 5.75 Å². The fourth-order valence-corrected chi connectivity index (χ4v) is 1.67. The molecule has 0 saturated heterocycles. The van der Waals surface area contributed by atoms with Gasteiger partial charge in [-0.05, 0) is 29.8 Å². The Morgan fingerprint density at radius 3 is 2.44 bits per heavy atom. The second-order valence-corrected chi connectivity index (χ2v) is 3.96. The molecule has 0 aliphatic carbocycles. The molecule has 2 rings (SSSR count). The highest BCUT2D eigenvalue weighted by molar-refractivity contribution is 6.17. The fraction of sp³-hybridized carbons (Fsp3) is 0.214. The molecule has 1 heterocycles. The molecule has 0 aliphatic rings. The van der Waals surface area contributed by atoms with Crippen molar-refractivity contribution in [3.63, 3.8) is 0 Å². The summed E-state index contributed by atoms with van der Waals surface area (Å²) in [6.07, 6.45) is 2.61. The third-order valence-electron chi connectivity index (χ3n) is 2.43. The van der Waals surface area contributed by atoms with Crippen LogP contribution in [-0.2, 0) is 12.3 Å². The average Bonchev–Trinajstić information content (AvgIpc) is 2.41. The lowest BCUT2D eigenvalue weighted by Crippen LogP contribution is -2.02. The molecule has 0 aliphatic heterocycles. The number of alkyl halides is 1. The summed E-state index contributed by atoms with van der Waals surface area (Å²) in [7, 11) is 0. The smallest absolute Gasteiger partial charge is 0.119 e. The van der Waals surface area contributed by atoms with E-state index in [1.807, 2.05) is 42.5 Å². The molecule has 96 valence electrons. The minimum atomic E-state index is 0. The van der Waals surface area contributed by atoms with Gasteiger partial charge in [0, 0.05) is 24.2 Å². The third-order valence-corrected chi connectivity index (χ3v) is 2.74. The molecular formula is C14H15Cl2NO. The molecule has 0 spiro atoms. The van der Waals surface area contributed by atoms with Crippen LogP contribution in [0.2, 0.25) is 0 Å². The summed E-state index contributed by atoms with van der Waals surface area (Å²) in [5.41, 5.74) is 2.15. The van der Waals surface area contributed by atoms with E-state index in [-0.39, 0.29) is 12.4 Å². The van der Waals surface area contributed by atoms with Crippen molar-refractivity contribution < 1.29 is 4.74 Å². The number of aromatic nitrogens is 1. The van der Waals surface area contributed by atoms with Crippen LogP contribution in [0, 0.1) is 0 Å². The van der Waals surface area contributed by atoms with Gasteiger partial charge in [-0.25, -0.2) is 0 Å². The largest absolute Gasteiger partial charge is 0.493 e. The summed E-state index contributed by atoms with van der Waals surface area (Å²) >= 11 is 5.71. The lowest BCUT2D eigenvalue weighted by molar-refractivity contribution is 0.320. The molecule has 0 N–H and O–H groups in total. The molecule has 0 radical (unpaired) electrons. The van der Waals surface area contributed by atoms with Gasteiger partial charge in [0.05, 0.1) is 6.61 Å². The number of ether oxygens (including phenoxy) is 1. The maximum atomic E-state index is 5.71. The van der Waals surface area contributed by atoms with Crippen LogP contribution >= 0.6 is 24.0 Å². The van der Waals surface area contributed by atoms with Gasteiger partial charge in [0.2, 0.25) is 0 Å². The molecule has 0 amide bonds. The molecule has 18 heavy (non-hydrogen) atoms. The normalized spacial score (nSPS) is 9.61. The maximum Gasteiger partial charge on any atom is 0.119 e. The van der Waals surface area contributed by atoms with Gasteiger partial charge in [-0.15, -0.1) is 24.0 Å². The minimum absolute atomic E-state index is 0. The van der Waals surface area contributed by atoms with Crippen LogP contribution in [0.4, 0.5) is 0 Å². The van der Waals surface area contributed by atoms with E-state index in [4.69, 9.17) is 16.3 Å². The van der Waals surface area contributed by atoms with Gasteiger partial charge in [-0.2, -0.15) is 0 Å². The Kier molecular flexibility index (Phi) is 6.55. The van der Waals surface area contributed by atoms with Crippen molar-refractivity contribution in [2.75, 3.05) is 6.61 Å². The van der Waals surface area contributed by atoms with E-state index in [9.17, 15) is 0 Å². The van der Waals surface area contributed by atoms with E-state index in [1.54, 1.807) is 6.20 Å². The van der Waals surface area contributed by atoms with E-state index >= 15 is 0 Å². The summed E-state index contributed by atoms with van der Waals surface area (Å²) in [6, 6.07) is 13.7. The number of hydrogen-bond acceptors (Lipinski definition) is 2. The Bertz CT molecular complexity index is 445. The predicted octanol–water partition coefficient (Wildman–Crippen LogP) is 3.86. The summed E-state index contributed by atoms with van der Waals surface area (Å²) in [4.78, 5) is 4.24. The van der Waals surface area contributed by atoms with Crippen molar-refractivity contribution >= 4 is 24.0 Å². The first-order valence-electron chi connectivity index (χ1n) is 5.56. The van der Waals surface area contributed by atoms with E-state index in [2.05, 4.69) is 4.98 Å². The molecule has 0 unspecified atom stereocenters. The van der Waals surface area contributed by atoms with E-state index in [1.165, 1.54) is 0 Å². The van der Waals surface area contributed by atoms with Crippen LogP contribution in [0.15, 0.2) is 48.7 Å². The van der Waals surface area contributed by atoms with Gasteiger partial charge in [0.1, 0.15) is 5.75 Å². The summed E-state index contributed by atoms with van der Waals surface area (Å²) in [5.74, 6) is 1.41. The lowest BCUT2D eigenvalue weighted by Gasteiger charge is -2.06. The Balaban J connectivity index is 0.00000162. The predicted molar refractivity (Wildman–Crippen MR) is 76.7 cm³/mol. The molecule has 4 heteroatoms. The summed E-state index contributed by atoms with van der Waals surface area (Å²) < 4.78 is 5.63. The number of benzene rings is 1. The Morgan fingerprint density at radius 1 is 1.06 bits per heavy atom. The SMILES string of the molecule is Cl.ClCc1ccc(OCCc2ccccn2)cc1. The highest BCUT2D eigenvalue weighted by Crippen LogP contribution is 2.13. The summed E-state index contributed by atoms with van der Waals surface area (Å²) in [6.45, 7) is 0.636.